The Morgan fingerprint density at radius 2 is 2.04 bits per heavy atom. The Kier molecular flexibility index (Phi) is 4.99. The van der Waals surface area contributed by atoms with E-state index in [1.54, 1.807) is 12.3 Å². The van der Waals surface area contributed by atoms with Crippen LogP contribution in [0.3, 0.4) is 0 Å². The lowest BCUT2D eigenvalue weighted by Crippen LogP contribution is -2.22. The zero-order valence-electron chi connectivity index (χ0n) is 14.1. The van der Waals surface area contributed by atoms with Gasteiger partial charge in [0.1, 0.15) is 12.2 Å². The second kappa shape index (κ2) is 7.36. The van der Waals surface area contributed by atoms with E-state index in [0.717, 1.165) is 0 Å². The number of ether oxygens (including phenoxy) is 1. The average molecular weight is 372 g/mol. The van der Waals surface area contributed by atoms with Crippen LogP contribution in [-0.2, 0) is 16.1 Å². The van der Waals surface area contributed by atoms with Gasteiger partial charge in [0.05, 0.1) is 17.1 Å². The van der Waals surface area contributed by atoms with Gasteiger partial charge in [-0.1, -0.05) is 23.4 Å². The van der Waals surface area contributed by atoms with Gasteiger partial charge < -0.3 is 15.0 Å². The first-order chi connectivity index (χ1) is 12.5. The number of benzene rings is 1. The van der Waals surface area contributed by atoms with Crippen molar-refractivity contribution in [1.82, 2.24) is 10.1 Å². The Labute approximate surface area is 153 Å². The van der Waals surface area contributed by atoms with Crippen LogP contribution in [-0.4, -0.2) is 22.0 Å². The quantitative estimate of drug-likeness (QED) is 0.685. The lowest BCUT2D eigenvalue weighted by atomic mass is 10.2. The summed E-state index contributed by atoms with van der Waals surface area (Å²) in [6, 6.07) is 9.19. The van der Waals surface area contributed by atoms with Gasteiger partial charge in [0.15, 0.2) is 5.13 Å². The maximum atomic E-state index is 12.1. The first-order valence-corrected chi connectivity index (χ1v) is 8.54. The minimum absolute atomic E-state index is 0.0556. The van der Waals surface area contributed by atoms with Gasteiger partial charge >= 0.3 is 5.97 Å². The van der Waals surface area contributed by atoms with Crippen LogP contribution in [0, 0.1) is 6.92 Å². The molecule has 0 radical (unpaired) electrons. The predicted molar refractivity (Wildman–Crippen MR) is 96.1 cm³/mol. The van der Waals surface area contributed by atoms with E-state index in [1.807, 2.05) is 30.3 Å². The molecule has 0 unspecified atom stereocenters. The number of amides is 1. The van der Waals surface area contributed by atoms with Crippen LogP contribution in [0.25, 0.3) is 0 Å². The molecule has 0 saturated carbocycles. The third kappa shape index (κ3) is 3.57. The Morgan fingerprint density at radius 1 is 1.31 bits per heavy atom. The molecular weight excluding hydrogens is 356 g/mol. The average Bonchev–Trinajstić information content (AvgIpc) is 3.20. The molecule has 0 atom stereocenters. The molecule has 2 heterocycles. The SMILES string of the molecule is CC(=O)N(c1ccccc1)c1nc(COC(=O)c2c(C)noc2N)cs1. The molecule has 0 aliphatic heterocycles. The number of hydrogen-bond donors (Lipinski definition) is 1. The third-order valence-electron chi connectivity index (χ3n) is 3.50. The van der Waals surface area contributed by atoms with Gasteiger partial charge in [-0.15, -0.1) is 11.3 Å². The zero-order valence-corrected chi connectivity index (χ0v) is 14.9. The molecule has 9 heteroatoms. The highest BCUT2D eigenvalue weighted by Crippen LogP contribution is 2.29. The molecule has 0 saturated heterocycles. The van der Waals surface area contributed by atoms with Crippen LogP contribution in [0.5, 0.6) is 0 Å². The molecule has 0 aliphatic rings. The van der Waals surface area contributed by atoms with Gasteiger partial charge in [-0.25, -0.2) is 9.78 Å². The normalized spacial score (nSPS) is 10.5. The second-order valence-electron chi connectivity index (χ2n) is 5.39. The number of carbonyl (C=O) groups excluding carboxylic acids is 2. The fraction of sp³-hybridized carbons (Fsp3) is 0.176. The summed E-state index contributed by atoms with van der Waals surface area (Å²) in [5.41, 5.74) is 7.27. The van der Waals surface area contributed by atoms with Gasteiger partial charge in [-0.2, -0.15) is 0 Å². The van der Waals surface area contributed by atoms with Crippen molar-refractivity contribution in [2.75, 3.05) is 10.6 Å². The number of esters is 1. The number of anilines is 3. The zero-order chi connectivity index (χ0) is 18.7. The standard InChI is InChI=1S/C17H16N4O4S/c1-10-14(15(18)25-20-10)16(23)24-8-12-9-26-17(19-12)21(11(2)22)13-6-4-3-5-7-13/h3-7,9H,8,18H2,1-2H3. The molecule has 2 aromatic heterocycles. The first kappa shape index (κ1) is 17.6. The van der Waals surface area contributed by atoms with Crippen molar-refractivity contribution in [1.29, 1.82) is 0 Å². The summed E-state index contributed by atoms with van der Waals surface area (Å²) in [5, 5.41) is 5.84. The van der Waals surface area contributed by atoms with Crippen LogP contribution >= 0.6 is 11.3 Å². The first-order valence-electron chi connectivity index (χ1n) is 7.66. The summed E-state index contributed by atoms with van der Waals surface area (Å²) in [7, 11) is 0. The monoisotopic (exact) mass is 372 g/mol. The highest BCUT2D eigenvalue weighted by molar-refractivity contribution is 7.14. The molecule has 0 bridgehead atoms. The topological polar surface area (TPSA) is 112 Å². The van der Waals surface area contributed by atoms with Crippen LogP contribution in [0.15, 0.2) is 40.2 Å². The summed E-state index contributed by atoms with van der Waals surface area (Å²) >= 11 is 1.28. The van der Waals surface area contributed by atoms with Gasteiger partial charge in [0.2, 0.25) is 11.8 Å². The van der Waals surface area contributed by atoms with Crippen molar-refractivity contribution in [2.24, 2.45) is 0 Å². The van der Waals surface area contributed by atoms with E-state index in [-0.39, 0.29) is 24.0 Å². The smallest absolute Gasteiger partial charge is 0.346 e. The Morgan fingerprint density at radius 3 is 2.65 bits per heavy atom. The summed E-state index contributed by atoms with van der Waals surface area (Å²) in [4.78, 5) is 30.0. The van der Waals surface area contributed by atoms with Crippen LogP contribution in [0.2, 0.25) is 0 Å². The van der Waals surface area contributed by atoms with E-state index in [2.05, 4.69) is 10.1 Å². The van der Waals surface area contributed by atoms with Gasteiger partial charge in [0.25, 0.3) is 0 Å². The minimum atomic E-state index is -0.637. The van der Waals surface area contributed by atoms with Crippen molar-refractivity contribution in [3.05, 3.63) is 52.7 Å². The molecule has 134 valence electrons. The molecule has 0 aliphatic carbocycles. The Hall–Kier alpha value is -3.20. The van der Waals surface area contributed by atoms with E-state index < -0.39 is 5.97 Å². The fourth-order valence-electron chi connectivity index (χ4n) is 2.32. The summed E-state index contributed by atoms with van der Waals surface area (Å²) < 4.78 is 9.96. The molecule has 0 fully saturated rings. The number of thiazole rings is 1. The highest BCUT2D eigenvalue weighted by Gasteiger charge is 2.21. The molecule has 2 N–H and O–H groups in total. The van der Waals surface area contributed by atoms with Crippen molar-refractivity contribution in [3.8, 4) is 0 Å². The van der Waals surface area contributed by atoms with Crippen LogP contribution in [0.1, 0.15) is 28.7 Å². The summed E-state index contributed by atoms with van der Waals surface area (Å²) in [6.07, 6.45) is 0. The minimum Gasteiger partial charge on any atom is -0.455 e. The number of hydrogen-bond acceptors (Lipinski definition) is 8. The van der Waals surface area contributed by atoms with E-state index in [9.17, 15) is 9.59 Å². The lowest BCUT2D eigenvalue weighted by molar-refractivity contribution is -0.115. The highest BCUT2D eigenvalue weighted by atomic mass is 32.1. The van der Waals surface area contributed by atoms with Crippen LogP contribution in [0.4, 0.5) is 16.7 Å². The number of nitrogens with zero attached hydrogens (tertiary/aromatic N) is 3. The largest absolute Gasteiger partial charge is 0.455 e. The number of para-hydroxylation sites is 1. The Bertz CT molecular complexity index is 916. The maximum Gasteiger partial charge on any atom is 0.346 e. The Balaban J connectivity index is 1.73. The predicted octanol–water partition coefficient (Wildman–Crippen LogP) is 3.06. The number of nitrogens with two attached hydrogens (primary N) is 1. The second-order valence-corrected chi connectivity index (χ2v) is 6.23. The van der Waals surface area contributed by atoms with Crippen molar-refractivity contribution in [2.45, 2.75) is 20.5 Å². The van der Waals surface area contributed by atoms with Gasteiger partial charge in [-0.05, 0) is 19.1 Å². The number of rotatable bonds is 5. The molecule has 0 spiro atoms. The van der Waals surface area contributed by atoms with E-state index in [1.165, 1.54) is 23.2 Å². The third-order valence-corrected chi connectivity index (χ3v) is 4.38. The molecule has 1 amide bonds. The maximum absolute atomic E-state index is 12.1. The molecule has 3 aromatic rings. The molecular formula is C17H16N4O4S. The van der Waals surface area contributed by atoms with E-state index in [0.29, 0.717) is 22.2 Å². The summed E-state index contributed by atoms with van der Waals surface area (Å²) in [6.45, 7) is 3.01. The van der Waals surface area contributed by atoms with Gasteiger partial charge in [0, 0.05) is 12.3 Å². The summed E-state index contributed by atoms with van der Waals surface area (Å²) in [5.74, 6) is -0.887. The molecule has 3 rings (SSSR count). The lowest BCUT2D eigenvalue weighted by Gasteiger charge is -2.17. The van der Waals surface area contributed by atoms with E-state index in [4.69, 9.17) is 15.0 Å². The van der Waals surface area contributed by atoms with E-state index >= 15 is 0 Å². The van der Waals surface area contributed by atoms with Crippen molar-refractivity contribution in [3.63, 3.8) is 0 Å². The number of nitrogen functional groups attached to an aromatic ring is 1. The van der Waals surface area contributed by atoms with Gasteiger partial charge in [-0.3, -0.25) is 9.69 Å². The van der Waals surface area contributed by atoms with Crippen LogP contribution < -0.4 is 10.6 Å². The fourth-order valence-corrected chi connectivity index (χ4v) is 3.19. The molecule has 8 nitrogen and oxygen atoms in total. The number of aryl methyl sites for hydroxylation is 1. The molecule has 26 heavy (non-hydrogen) atoms. The number of aromatic nitrogens is 2. The van der Waals surface area contributed by atoms with Crippen molar-refractivity contribution >= 4 is 39.9 Å². The number of carbonyl (C=O) groups is 2. The van der Waals surface area contributed by atoms with Crippen molar-refractivity contribution < 1.29 is 18.8 Å². The molecule has 1 aromatic carbocycles.